The van der Waals surface area contributed by atoms with Gasteiger partial charge >= 0.3 is 37.0 Å². The first kappa shape index (κ1) is 38.6. The number of Topliss-reactive ketones (excluding diaryl/α,β-unsaturated/α-hetero) is 1. The topological polar surface area (TPSA) is 108 Å². The van der Waals surface area contributed by atoms with Crippen LogP contribution < -0.4 is 9.47 Å². The highest BCUT2D eigenvalue weighted by Crippen LogP contribution is 2.29. The van der Waals surface area contributed by atoms with Gasteiger partial charge in [0.2, 0.25) is 0 Å². The van der Waals surface area contributed by atoms with Gasteiger partial charge in [-0.1, -0.05) is 31.7 Å². The van der Waals surface area contributed by atoms with Crippen molar-refractivity contribution in [3.8, 4) is 11.5 Å². The van der Waals surface area contributed by atoms with Crippen molar-refractivity contribution in [1.29, 1.82) is 0 Å². The summed E-state index contributed by atoms with van der Waals surface area (Å²) in [6.45, 7) is 3.30. The van der Waals surface area contributed by atoms with Crippen molar-refractivity contribution in [2.45, 2.75) is 52.8 Å². The van der Waals surface area contributed by atoms with E-state index in [1.807, 2.05) is 0 Å². The SMILES string of the molecule is C.CCOC(=O)/C=C(\O)c1cccc(OC(F)(F)C(F)F)c1.CCOC(=O)CC(=O)c1cccc(OC(F)(F)C(F)F)c1. The van der Waals surface area contributed by atoms with Crippen molar-refractivity contribution in [1.82, 2.24) is 0 Å². The minimum Gasteiger partial charge on any atom is -0.507 e. The maximum atomic E-state index is 12.8. The molecule has 16 heteroatoms. The van der Waals surface area contributed by atoms with Gasteiger partial charge in [0.15, 0.2) is 5.78 Å². The van der Waals surface area contributed by atoms with Gasteiger partial charge in [-0.25, -0.2) is 4.79 Å². The molecule has 1 N–H and O–H groups in total. The molecule has 8 nitrogen and oxygen atoms in total. The van der Waals surface area contributed by atoms with Crippen LogP contribution in [0.5, 0.6) is 11.5 Å². The van der Waals surface area contributed by atoms with Crippen LogP contribution >= 0.6 is 0 Å². The van der Waals surface area contributed by atoms with Crippen molar-refractivity contribution in [3.63, 3.8) is 0 Å². The Kier molecular flexibility index (Phi) is 15.8. The van der Waals surface area contributed by atoms with Crippen LogP contribution in [-0.4, -0.2) is 61.1 Å². The third-order valence-corrected chi connectivity index (χ3v) is 4.45. The Balaban J connectivity index is 0.000000802. The average molecular weight is 632 g/mol. The van der Waals surface area contributed by atoms with Crippen LogP contribution in [0.2, 0.25) is 0 Å². The maximum absolute atomic E-state index is 12.8. The number of ether oxygens (including phenoxy) is 4. The normalized spacial score (nSPS) is 11.6. The molecule has 2 aromatic carbocycles. The van der Waals surface area contributed by atoms with Crippen LogP contribution in [-0.2, 0) is 19.1 Å². The second kappa shape index (κ2) is 17.6. The van der Waals surface area contributed by atoms with Crippen molar-refractivity contribution in [2.75, 3.05) is 13.2 Å². The minimum absolute atomic E-state index is 0. The van der Waals surface area contributed by atoms with Gasteiger partial charge in [-0.3, -0.25) is 9.59 Å². The molecule has 2 aromatic rings. The summed E-state index contributed by atoms with van der Waals surface area (Å²) in [5.74, 6) is -4.05. The van der Waals surface area contributed by atoms with E-state index in [0.29, 0.717) is 0 Å². The molecular formula is C27H28F8O8. The van der Waals surface area contributed by atoms with E-state index in [0.717, 1.165) is 30.3 Å². The highest BCUT2D eigenvalue weighted by atomic mass is 19.3. The van der Waals surface area contributed by atoms with Crippen LogP contribution in [0.4, 0.5) is 35.1 Å². The third-order valence-electron chi connectivity index (χ3n) is 4.45. The molecule has 0 radical (unpaired) electrons. The Labute approximate surface area is 240 Å². The van der Waals surface area contributed by atoms with E-state index < -0.39 is 66.5 Å². The van der Waals surface area contributed by atoms with Gasteiger partial charge < -0.3 is 24.1 Å². The fourth-order valence-electron chi connectivity index (χ4n) is 2.68. The van der Waals surface area contributed by atoms with Gasteiger partial charge in [0.05, 0.1) is 19.3 Å². The lowest BCUT2D eigenvalue weighted by atomic mass is 10.1. The average Bonchev–Trinajstić information content (AvgIpc) is 2.89. The number of ketones is 1. The molecule has 0 aliphatic heterocycles. The second-order valence-electron chi connectivity index (χ2n) is 7.67. The molecule has 240 valence electrons. The molecule has 0 heterocycles. The number of carbonyl (C=O) groups is 3. The monoisotopic (exact) mass is 632 g/mol. The predicted molar refractivity (Wildman–Crippen MR) is 136 cm³/mol. The van der Waals surface area contributed by atoms with Crippen molar-refractivity contribution in [3.05, 3.63) is 65.7 Å². The number of hydrogen-bond acceptors (Lipinski definition) is 8. The lowest BCUT2D eigenvalue weighted by Gasteiger charge is -2.17. The number of benzene rings is 2. The zero-order chi connectivity index (χ0) is 32.1. The van der Waals surface area contributed by atoms with E-state index in [2.05, 4.69) is 18.9 Å². The largest absolute Gasteiger partial charge is 0.507 e. The van der Waals surface area contributed by atoms with Gasteiger partial charge in [0.25, 0.3) is 0 Å². The number of alkyl halides is 8. The molecule has 43 heavy (non-hydrogen) atoms. The van der Waals surface area contributed by atoms with Gasteiger partial charge in [-0.05, 0) is 38.1 Å². The molecule has 0 spiro atoms. The zero-order valence-corrected chi connectivity index (χ0v) is 21.8. The molecule has 0 aromatic heterocycles. The molecule has 0 bridgehead atoms. The lowest BCUT2D eigenvalue weighted by molar-refractivity contribution is -0.253. The summed E-state index contributed by atoms with van der Waals surface area (Å²) in [5, 5.41) is 9.62. The van der Waals surface area contributed by atoms with E-state index in [9.17, 15) is 54.6 Å². The fourth-order valence-corrected chi connectivity index (χ4v) is 2.68. The molecular weight excluding hydrogens is 604 g/mol. The summed E-state index contributed by atoms with van der Waals surface area (Å²) in [5.41, 5.74) is -0.184. The van der Waals surface area contributed by atoms with Gasteiger partial charge in [0.1, 0.15) is 23.7 Å². The summed E-state index contributed by atoms with van der Waals surface area (Å²) in [7, 11) is 0. The number of aliphatic hydroxyl groups is 1. The Morgan fingerprint density at radius 2 is 1.23 bits per heavy atom. The molecule has 2 rings (SSSR count). The van der Waals surface area contributed by atoms with Gasteiger partial charge in [0, 0.05) is 11.1 Å². The van der Waals surface area contributed by atoms with Crippen LogP contribution in [0.15, 0.2) is 54.6 Å². The van der Waals surface area contributed by atoms with E-state index in [-0.39, 0.29) is 31.8 Å². The molecule has 0 saturated carbocycles. The Hall–Kier alpha value is -4.37. The number of aliphatic hydroxyl groups excluding tert-OH is 1. The number of esters is 2. The molecule has 0 fully saturated rings. The number of hydrogen-bond donors (Lipinski definition) is 1. The fraction of sp³-hybridized carbons (Fsp3) is 0.370. The Morgan fingerprint density at radius 1 is 0.791 bits per heavy atom. The number of rotatable bonds is 13. The summed E-state index contributed by atoms with van der Waals surface area (Å²) in [4.78, 5) is 33.9. The molecule has 0 saturated heterocycles. The highest BCUT2D eigenvalue weighted by molar-refractivity contribution is 6.06. The van der Waals surface area contributed by atoms with E-state index in [1.165, 1.54) is 24.3 Å². The zero-order valence-electron chi connectivity index (χ0n) is 21.8. The summed E-state index contributed by atoms with van der Waals surface area (Å²) < 4.78 is 116. The third kappa shape index (κ3) is 13.4. The van der Waals surface area contributed by atoms with Crippen molar-refractivity contribution < 1.29 is 73.6 Å². The van der Waals surface area contributed by atoms with E-state index in [4.69, 9.17) is 0 Å². The molecule has 0 amide bonds. The number of halogens is 8. The number of carbonyl (C=O) groups excluding carboxylic acids is 3. The van der Waals surface area contributed by atoms with Gasteiger partial charge in [-0.2, -0.15) is 35.1 Å². The van der Waals surface area contributed by atoms with Crippen LogP contribution in [0.1, 0.15) is 43.6 Å². The highest BCUT2D eigenvalue weighted by Gasteiger charge is 2.44. The van der Waals surface area contributed by atoms with Gasteiger partial charge in [-0.15, -0.1) is 0 Å². The van der Waals surface area contributed by atoms with Crippen molar-refractivity contribution >= 4 is 23.5 Å². The summed E-state index contributed by atoms with van der Waals surface area (Å²) in [6, 6.07) is 8.65. The quantitative estimate of drug-likeness (QED) is 0.0624. The molecule has 0 atom stereocenters. The molecule has 0 aliphatic carbocycles. The van der Waals surface area contributed by atoms with Crippen LogP contribution in [0.25, 0.3) is 5.76 Å². The minimum atomic E-state index is -4.66. The van der Waals surface area contributed by atoms with E-state index >= 15 is 0 Å². The summed E-state index contributed by atoms with van der Waals surface area (Å²) in [6.07, 6.45) is -17.2. The lowest BCUT2D eigenvalue weighted by Crippen LogP contribution is -2.33. The first-order valence-electron chi connectivity index (χ1n) is 11.7. The first-order valence-corrected chi connectivity index (χ1v) is 11.7. The Bertz CT molecular complexity index is 1230. The summed E-state index contributed by atoms with van der Waals surface area (Å²) >= 11 is 0. The second-order valence-corrected chi connectivity index (χ2v) is 7.67. The standard InChI is InChI=1S/2C13H12F4O4.CH4/c2*1-2-20-11(19)7-10(18)8-4-3-5-9(6-8)21-13(16,17)12(14)15;/h3-6,12H,2,7H2,1H3;3-7,12,18H,2H2,1H3;1H4/b;10-7-;. The van der Waals surface area contributed by atoms with Crippen molar-refractivity contribution in [2.24, 2.45) is 0 Å². The van der Waals surface area contributed by atoms with Crippen LogP contribution in [0.3, 0.4) is 0 Å². The molecule has 0 aliphatic rings. The predicted octanol–water partition coefficient (Wildman–Crippen LogP) is 7.08. The van der Waals surface area contributed by atoms with E-state index in [1.54, 1.807) is 13.8 Å². The Morgan fingerprint density at radius 3 is 1.67 bits per heavy atom. The molecule has 0 unspecified atom stereocenters. The van der Waals surface area contributed by atoms with Crippen LogP contribution in [0, 0.1) is 0 Å². The smallest absolute Gasteiger partial charge is 0.461 e. The maximum Gasteiger partial charge on any atom is 0.461 e. The first-order chi connectivity index (χ1) is 19.5.